The summed E-state index contributed by atoms with van der Waals surface area (Å²) in [7, 11) is 0. The summed E-state index contributed by atoms with van der Waals surface area (Å²) >= 11 is 0. The number of unbranched alkanes of at least 4 members (excludes halogenated alkanes) is 1. The van der Waals surface area contributed by atoms with E-state index in [0.29, 0.717) is 12.8 Å². The third kappa shape index (κ3) is 7.73. The van der Waals surface area contributed by atoms with Crippen molar-refractivity contribution in [1.29, 1.82) is 0 Å². The molecule has 0 unspecified atom stereocenters. The van der Waals surface area contributed by atoms with Crippen LogP contribution < -0.4 is 5.73 Å². The molecule has 0 saturated carbocycles. The van der Waals surface area contributed by atoms with E-state index < -0.39 is 18.8 Å². The maximum absolute atomic E-state index is 10.2. The van der Waals surface area contributed by atoms with Gasteiger partial charge in [0, 0.05) is 0 Å². The lowest BCUT2D eigenvalue weighted by atomic mass is 9.74. The van der Waals surface area contributed by atoms with Gasteiger partial charge in [0.05, 0.1) is 0 Å². The predicted octanol–water partition coefficient (Wildman–Crippen LogP) is -1.52. The Hall–Kier alpha value is -0.625. The highest BCUT2D eigenvalue weighted by atomic mass is 16.5. The quantitative estimate of drug-likeness (QED) is 0.257. The van der Waals surface area contributed by atoms with Crippen LogP contribution in [0.4, 0.5) is 0 Å². The van der Waals surface area contributed by atoms with Crippen molar-refractivity contribution in [2.75, 3.05) is 0 Å². The number of rotatable bonds is 6. The molecule has 0 spiro atoms. The van der Waals surface area contributed by atoms with Gasteiger partial charge in [0.2, 0.25) is 0 Å². The van der Waals surface area contributed by atoms with E-state index in [1.165, 1.54) is 0 Å². The van der Waals surface area contributed by atoms with Crippen LogP contribution in [0, 0.1) is 0 Å². The fourth-order valence-corrected chi connectivity index (χ4v) is 0.906. The molecule has 0 aliphatic heterocycles. The zero-order chi connectivity index (χ0) is 10.5. The highest BCUT2D eigenvalue weighted by molar-refractivity contribution is 6.56. The molecule has 0 aromatic carbocycles. The Morgan fingerprint density at radius 2 is 1.85 bits per heavy atom. The highest BCUT2D eigenvalue weighted by Gasteiger charge is 2.15. The molecule has 6 nitrogen and oxygen atoms in total. The van der Waals surface area contributed by atoms with Crippen molar-refractivity contribution in [1.82, 2.24) is 0 Å². The van der Waals surface area contributed by atoms with Crippen molar-refractivity contribution in [2.24, 2.45) is 5.73 Å². The van der Waals surface area contributed by atoms with Crippen molar-refractivity contribution in [2.45, 2.75) is 31.6 Å². The Kier molecular flexibility index (Phi) is 4.93. The Labute approximate surface area is 76.0 Å². The van der Waals surface area contributed by atoms with Gasteiger partial charge >= 0.3 is 12.7 Å². The second-order valence-electron chi connectivity index (χ2n) is 3.12. The molecule has 78 valence electrons. The van der Waals surface area contributed by atoms with Gasteiger partial charge < -0.3 is 25.9 Å². The van der Waals surface area contributed by atoms with Gasteiger partial charge in [-0.1, -0.05) is 19.2 Å². The van der Waals surface area contributed by atoms with Crippen molar-refractivity contribution < 1.29 is 25.0 Å². The van der Waals surface area contributed by atoms with Crippen LogP contribution in [0.25, 0.3) is 0 Å². The predicted molar refractivity (Wildman–Crippen MR) is 46.7 cm³/mol. The van der Waals surface area contributed by atoms with Crippen molar-refractivity contribution in [3.63, 3.8) is 0 Å². The number of aliphatic carboxylic acids is 1. The molecule has 0 saturated heterocycles. The van der Waals surface area contributed by atoms with Crippen molar-refractivity contribution in [3.8, 4) is 0 Å². The van der Waals surface area contributed by atoms with E-state index in [2.05, 4.69) is 0 Å². The lowest BCUT2D eigenvalue weighted by Gasteiger charge is -2.19. The van der Waals surface area contributed by atoms with Crippen LogP contribution in [-0.4, -0.2) is 38.9 Å². The van der Waals surface area contributed by atoms with Crippen molar-refractivity contribution >= 4 is 12.7 Å². The van der Waals surface area contributed by atoms with Gasteiger partial charge in [-0.3, -0.25) is 4.79 Å². The number of carboxylic acids is 1. The molecule has 7 heteroatoms. The van der Waals surface area contributed by atoms with E-state index in [-0.39, 0.29) is 12.7 Å². The Balaban J connectivity index is 3.41. The summed E-state index contributed by atoms with van der Waals surface area (Å²) in [6, 6.07) is -0.919. The summed E-state index contributed by atoms with van der Waals surface area (Å²) in [6.45, 7) is -3.24. The standard InChI is InChI=1S/C6H15BNO5/c8-5(6(9)10)3-1-2-4-7(11,12)13/h5,11-13H,1-4,8H2,(H,9,10)/q-1/t5-/m0/s1. The number of hydrogen-bond donors (Lipinski definition) is 5. The van der Waals surface area contributed by atoms with Gasteiger partial charge in [0.15, 0.2) is 0 Å². The summed E-state index contributed by atoms with van der Waals surface area (Å²) in [5.74, 6) is -1.08. The largest absolute Gasteiger partial charge is 0.560 e. The van der Waals surface area contributed by atoms with Gasteiger partial charge in [-0.15, -0.1) is 0 Å². The first-order valence-electron chi connectivity index (χ1n) is 4.14. The molecule has 0 aliphatic rings. The van der Waals surface area contributed by atoms with E-state index in [0.717, 1.165) is 0 Å². The zero-order valence-corrected chi connectivity index (χ0v) is 7.26. The van der Waals surface area contributed by atoms with Gasteiger partial charge in [0.25, 0.3) is 0 Å². The first kappa shape index (κ1) is 12.4. The molecule has 0 rings (SSSR count). The summed E-state index contributed by atoms with van der Waals surface area (Å²) in [5, 5.41) is 33.9. The second-order valence-corrected chi connectivity index (χ2v) is 3.12. The Bertz CT molecular complexity index is 169. The zero-order valence-electron chi connectivity index (χ0n) is 7.26. The molecule has 0 aromatic rings. The third-order valence-electron chi connectivity index (χ3n) is 1.67. The monoisotopic (exact) mass is 192 g/mol. The SMILES string of the molecule is N[C@@H](CCCC[B-](O)(O)O)C(=O)O. The summed E-state index contributed by atoms with van der Waals surface area (Å²) in [6.07, 6.45) is 0.900. The second kappa shape index (κ2) is 5.18. The first-order valence-corrected chi connectivity index (χ1v) is 4.14. The van der Waals surface area contributed by atoms with E-state index in [1.54, 1.807) is 0 Å². The lowest BCUT2D eigenvalue weighted by Crippen LogP contribution is -2.34. The van der Waals surface area contributed by atoms with Crippen LogP contribution >= 0.6 is 0 Å². The smallest absolute Gasteiger partial charge is 0.371 e. The van der Waals surface area contributed by atoms with Crippen LogP contribution in [0.2, 0.25) is 6.32 Å². The molecule has 13 heavy (non-hydrogen) atoms. The minimum absolute atomic E-state index is 0.146. The molecule has 6 N–H and O–H groups in total. The Morgan fingerprint density at radius 3 is 2.23 bits per heavy atom. The van der Waals surface area contributed by atoms with Gasteiger partial charge in [-0.2, -0.15) is 0 Å². The number of carboxylic acid groups (broad SMARTS) is 1. The van der Waals surface area contributed by atoms with Gasteiger partial charge in [0.1, 0.15) is 6.04 Å². The van der Waals surface area contributed by atoms with Crippen LogP contribution in [0.1, 0.15) is 19.3 Å². The molecule has 1 atom stereocenters. The van der Waals surface area contributed by atoms with E-state index in [1.807, 2.05) is 0 Å². The topological polar surface area (TPSA) is 124 Å². The maximum Gasteiger partial charge on any atom is 0.371 e. The fourth-order valence-electron chi connectivity index (χ4n) is 0.906. The summed E-state index contributed by atoms with van der Waals surface area (Å²) in [4.78, 5) is 10.2. The average molecular weight is 192 g/mol. The van der Waals surface area contributed by atoms with Crippen LogP contribution in [0.5, 0.6) is 0 Å². The summed E-state index contributed by atoms with van der Waals surface area (Å²) in [5.41, 5.74) is 5.18. The van der Waals surface area contributed by atoms with Gasteiger partial charge in [-0.25, -0.2) is 0 Å². The molecule has 0 aliphatic carbocycles. The minimum Gasteiger partial charge on any atom is -0.560 e. The number of hydrogen-bond acceptors (Lipinski definition) is 5. The molecular formula is C6H15BNO5-. The Morgan fingerprint density at radius 1 is 1.31 bits per heavy atom. The average Bonchev–Trinajstić information content (AvgIpc) is 1.95. The molecule has 0 amide bonds. The van der Waals surface area contributed by atoms with E-state index in [9.17, 15) is 4.79 Å². The van der Waals surface area contributed by atoms with Crippen LogP contribution in [0.15, 0.2) is 0 Å². The third-order valence-corrected chi connectivity index (χ3v) is 1.67. The normalized spacial score (nSPS) is 14.2. The van der Waals surface area contributed by atoms with E-state index >= 15 is 0 Å². The minimum atomic E-state index is -3.24. The molecule has 0 radical (unpaired) electrons. The molecule has 0 bridgehead atoms. The molecule has 0 heterocycles. The van der Waals surface area contributed by atoms with Crippen LogP contribution in [-0.2, 0) is 4.79 Å². The maximum atomic E-state index is 10.2. The highest BCUT2D eigenvalue weighted by Crippen LogP contribution is 2.07. The molecule has 0 aromatic heterocycles. The first-order chi connectivity index (χ1) is 5.83. The molecular weight excluding hydrogens is 177 g/mol. The van der Waals surface area contributed by atoms with Crippen LogP contribution in [0.3, 0.4) is 0 Å². The van der Waals surface area contributed by atoms with Gasteiger partial charge in [-0.05, 0) is 6.42 Å². The summed E-state index contributed by atoms with van der Waals surface area (Å²) < 4.78 is 0. The van der Waals surface area contributed by atoms with E-state index in [4.69, 9.17) is 25.9 Å². The van der Waals surface area contributed by atoms with Crippen molar-refractivity contribution in [3.05, 3.63) is 0 Å². The molecule has 0 fully saturated rings. The number of carbonyl (C=O) groups is 1. The lowest BCUT2D eigenvalue weighted by molar-refractivity contribution is -0.138. The fraction of sp³-hybridized carbons (Fsp3) is 0.833. The number of nitrogens with two attached hydrogens (primary N) is 1.